The Morgan fingerprint density at radius 3 is 2.65 bits per heavy atom. The molecule has 0 saturated heterocycles. The molecule has 1 aromatic heterocycles. The SMILES string of the molecule is CC(C)c1cc(-c2cccc(O)c2)c(C=O)[nH]1. The number of H-pyrrole nitrogens is 1. The molecule has 2 rings (SSSR count). The van der Waals surface area contributed by atoms with Crippen molar-refractivity contribution in [3.63, 3.8) is 0 Å². The van der Waals surface area contributed by atoms with Gasteiger partial charge < -0.3 is 10.1 Å². The van der Waals surface area contributed by atoms with Crippen LogP contribution >= 0.6 is 0 Å². The summed E-state index contributed by atoms with van der Waals surface area (Å²) >= 11 is 0. The first-order valence-electron chi connectivity index (χ1n) is 5.59. The van der Waals surface area contributed by atoms with E-state index in [2.05, 4.69) is 18.8 Å². The number of phenolic OH excluding ortho intramolecular Hbond substituents is 1. The summed E-state index contributed by atoms with van der Waals surface area (Å²) in [5, 5.41) is 9.46. The number of nitrogens with one attached hydrogen (secondary N) is 1. The maximum Gasteiger partial charge on any atom is 0.166 e. The molecule has 0 radical (unpaired) electrons. The van der Waals surface area contributed by atoms with Crippen LogP contribution in [-0.4, -0.2) is 16.4 Å². The summed E-state index contributed by atoms with van der Waals surface area (Å²) in [6, 6.07) is 8.87. The highest BCUT2D eigenvalue weighted by atomic mass is 16.3. The minimum Gasteiger partial charge on any atom is -0.508 e. The third-order valence-electron chi connectivity index (χ3n) is 2.77. The van der Waals surface area contributed by atoms with Crippen molar-refractivity contribution in [2.75, 3.05) is 0 Å². The average Bonchev–Trinajstić information content (AvgIpc) is 2.73. The van der Waals surface area contributed by atoms with Gasteiger partial charge in [-0.05, 0) is 29.7 Å². The molecule has 0 unspecified atom stereocenters. The van der Waals surface area contributed by atoms with Gasteiger partial charge in [0.1, 0.15) is 5.75 Å². The molecule has 2 N–H and O–H groups in total. The van der Waals surface area contributed by atoms with E-state index in [0.717, 1.165) is 23.1 Å². The molecular weight excluding hydrogens is 214 g/mol. The fourth-order valence-corrected chi connectivity index (χ4v) is 1.81. The van der Waals surface area contributed by atoms with Gasteiger partial charge in [0.15, 0.2) is 6.29 Å². The number of benzene rings is 1. The van der Waals surface area contributed by atoms with Crippen LogP contribution in [0.2, 0.25) is 0 Å². The van der Waals surface area contributed by atoms with Gasteiger partial charge >= 0.3 is 0 Å². The van der Waals surface area contributed by atoms with Crippen LogP contribution in [-0.2, 0) is 0 Å². The van der Waals surface area contributed by atoms with E-state index >= 15 is 0 Å². The normalized spacial score (nSPS) is 10.8. The monoisotopic (exact) mass is 229 g/mol. The van der Waals surface area contributed by atoms with E-state index in [-0.39, 0.29) is 5.75 Å². The lowest BCUT2D eigenvalue weighted by molar-refractivity contribution is 0.112. The third-order valence-corrected chi connectivity index (χ3v) is 2.77. The Morgan fingerprint density at radius 1 is 1.29 bits per heavy atom. The molecule has 0 saturated carbocycles. The van der Waals surface area contributed by atoms with Gasteiger partial charge in [-0.15, -0.1) is 0 Å². The molecule has 0 aliphatic carbocycles. The maximum absolute atomic E-state index is 11.0. The van der Waals surface area contributed by atoms with Crippen LogP contribution in [0.4, 0.5) is 0 Å². The predicted molar refractivity (Wildman–Crippen MR) is 67.4 cm³/mol. The molecule has 0 aliphatic heterocycles. The average molecular weight is 229 g/mol. The second-order valence-electron chi connectivity index (χ2n) is 4.37. The van der Waals surface area contributed by atoms with Crippen molar-refractivity contribution in [1.82, 2.24) is 4.98 Å². The number of hydrogen-bond acceptors (Lipinski definition) is 2. The van der Waals surface area contributed by atoms with Gasteiger partial charge in [-0.2, -0.15) is 0 Å². The fraction of sp³-hybridized carbons (Fsp3) is 0.214. The van der Waals surface area contributed by atoms with E-state index in [1.54, 1.807) is 18.2 Å². The first-order valence-corrected chi connectivity index (χ1v) is 5.59. The molecule has 0 atom stereocenters. The van der Waals surface area contributed by atoms with Crippen molar-refractivity contribution in [1.29, 1.82) is 0 Å². The molecule has 0 aliphatic rings. The summed E-state index contributed by atoms with van der Waals surface area (Å²) in [6.07, 6.45) is 0.811. The standard InChI is InChI=1S/C14H15NO2/c1-9(2)13-7-12(14(8-16)15-13)10-4-3-5-11(17)6-10/h3-9,15,17H,1-2H3. The zero-order valence-corrected chi connectivity index (χ0v) is 9.90. The van der Waals surface area contributed by atoms with Gasteiger partial charge in [0, 0.05) is 11.3 Å². The summed E-state index contributed by atoms with van der Waals surface area (Å²) in [4.78, 5) is 14.1. The zero-order valence-electron chi connectivity index (χ0n) is 9.90. The topological polar surface area (TPSA) is 53.1 Å². The van der Waals surface area contributed by atoms with Crippen LogP contribution < -0.4 is 0 Å². The largest absolute Gasteiger partial charge is 0.508 e. The molecule has 0 amide bonds. The Balaban J connectivity index is 2.54. The molecule has 17 heavy (non-hydrogen) atoms. The lowest BCUT2D eigenvalue weighted by Crippen LogP contribution is -1.87. The summed E-state index contributed by atoms with van der Waals surface area (Å²) in [5.41, 5.74) is 3.25. The molecule has 0 bridgehead atoms. The molecule has 1 heterocycles. The van der Waals surface area contributed by atoms with Crippen molar-refractivity contribution in [3.05, 3.63) is 41.7 Å². The van der Waals surface area contributed by atoms with E-state index in [1.807, 2.05) is 12.1 Å². The highest BCUT2D eigenvalue weighted by Gasteiger charge is 2.11. The van der Waals surface area contributed by atoms with Crippen LogP contribution in [0.15, 0.2) is 30.3 Å². The zero-order chi connectivity index (χ0) is 12.4. The number of aromatic hydroxyl groups is 1. The number of carbonyl (C=O) groups excluding carboxylic acids is 1. The molecule has 3 heteroatoms. The lowest BCUT2D eigenvalue weighted by atomic mass is 10.0. The number of aldehydes is 1. The van der Waals surface area contributed by atoms with Gasteiger partial charge in [0.05, 0.1) is 5.69 Å². The van der Waals surface area contributed by atoms with E-state index < -0.39 is 0 Å². The van der Waals surface area contributed by atoms with Crippen LogP contribution in [0.5, 0.6) is 5.75 Å². The van der Waals surface area contributed by atoms with Gasteiger partial charge in [-0.25, -0.2) is 0 Å². The minimum atomic E-state index is 0.201. The molecule has 1 aromatic carbocycles. The Morgan fingerprint density at radius 2 is 2.06 bits per heavy atom. The number of aromatic nitrogens is 1. The van der Waals surface area contributed by atoms with Gasteiger partial charge in [0.2, 0.25) is 0 Å². The molecule has 2 aromatic rings. The fourth-order valence-electron chi connectivity index (χ4n) is 1.81. The van der Waals surface area contributed by atoms with Crippen molar-refractivity contribution in [3.8, 4) is 16.9 Å². The summed E-state index contributed by atoms with van der Waals surface area (Å²) in [5.74, 6) is 0.534. The number of carbonyl (C=O) groups is 1. The summed E-state index contributed by atoms with van der Waals surface area (Å²) < 4.78 is 0. The summed E-state index contributed by atoms with van der Waals surface area (Å²) in [7, 11) is 0. The van der Waals surface area contributed by atoms with E-state index in [4.69, 9.17) is 0 Å². The lowest BCUT2D eigenvalue weighted by Gasteiger charge is -2.00. The Kier molecular flexibility index (Phi) is 3.00. The highest BCUT2D eigenvalue weighted by molar-refractivity contribution is 5.86. The minimum absolute atomic E-state index is 0.201. The Bertz CT molecular complexity index is 541. The Hall–Kier alpha value is -2.03. The number of hydrogen-bond donors (Lipinski definition) is 2. The van der Waals surface area contributed by atoms with Gasteiger partial charge in [-0.1, -0.05) is 26.0 Å². The molecular formula is C14H15NO2. The van der Waals surface area contributed by atoms with E-state index in [0.29, 0.717) is 11.6 Å². The third kappa shape index (κ3) is 2.23. The highest BCUT2D eigenvalue weighted by Crippen LogP contribution is 2.28. The van der Waals surface area contributed by atoms with Crippen molar-refractivity contribution in [2.45, 2.75) is 19.8 Å². The summed E-state index contributed by atoms with van der Waals surface area (Å²) in [6.45, 7) is 4.12. The second-order valence-corrected chi connectivity index (χ2v) is 4.37. The van der Waals surface area contributed by atoms with Crippen LogP contribution in [0.3, 0.4) is 0 Å². The van der Waals surface area contributed by atoms with Crippen LogP contribution in [0.25, 0.3) is 11.1 Å². The van der Waals surface area contributed by atoms with Crippen molar-refractivity contribution in [2.24, 2.45) is 0 Å². The Labute approximate surface area is 100 Å². The van der Waals surface area contributed by atoms with Crippen molar-refractivity contribution < 1.29 is 9.90 Å². The number of aromatic amines is 1. The molecule has 88 valence electrons. The predicted octanol–water partition coefficient (Wildman–Crippen LogP) is 3.32. The van der Waals surface area contributed by atoms with Crippen molar-refractivity contribution >= 4 is 6.29 Å². The quantitative estimate of drug-likeness (QED) is 0.793. The smallest absolute Gasteiger partial charge is 0.166 e. The van der Waals surface area contributed by atoms with Gasteiger partial charge in [0.25, 0.3) is 0 Å². The number of rotatable bonds is 3. The maximum atomic E-state index is 11.0. The van der Waals surface area contributed by atoms with Gasteiger partial charge in [-0.3, -0.25) is 4.79 Å². The van der Waals surface area contributed by atoms with E-state index in [9.17, 15) is 9.90 Å². The molecule has 0 fully saturated rings. The first-order chi connectivity index (χ1) is 8.11. The first kappa shape index (κ1) is 11.5. The second kappa shape index (κ2) is 4.45. The molecule has 0 spiro atoms. The van der Waals surface area contributed by atoms with E-state index in [1.165, 1.54) is 0 Å². The van der Waals surface area contributed by atoms with Crippen LogP contribution in [0.1, 0.15) is 35.9 Å². The number of phenols is 1. The molecule has 3 nitrogen and oxygen atoms in total. The van der Waals surface area contributed by atoms with Crippen LogP contribution in [0, 0.1) is 0 Å².